The zero-order valence-corrected chi connectivity index (χ0v) is 12.5. The molecule has 1 aliphatic carbocycles. The van der Waals surface area contributed by atoms with Gasteiger partial charge in [-0.05, 0) is 43.6 Å². The van der Waals surface area contributed by atoms with Crippen molar-refractivity contribution < 1.29 is 0 Å². The van der Waals surface area contributed by atoms with Crippen molar-refractivity contribution in [3.63, 3.8) is 0 Å². The molecule has 0 aromatic rings. The van der Waals surface area contributed by atoms with E-state index in [4.69, 9.17) is 0 Å². The Morgan fingerprint density at radius 2 is 1.82 bits per heavy atom. The van der Waals surface area contributed by atoms with E-state index >= 15 is 0 Å². The van der Waals surface area contributed by atoms with Gasteiger partial charge in [-0.15, -0.1) is 0 Å². The third-order valence-electron chi connectivity index (χ3n) is 3.94. The monoisotopic (exact) mass is 239 g/mol. The minimum absolute atomic E-state index is 0.459. The highest BCUT2D eigenvalue weighted by atomic mass is 14.9. The highest BCUT2D eigenvalue weighted by Gasteiger charge is 2.21. The van der Waals surface area contributed by atoms with Gasteiger partial charge in [0.1, 0.15) is 0 Å². The van der Waals surface area contributed by atoms with E-state index in [2.05, 4.69) is 33.0 Å². The molecule has 0 bridgehead atoms. The first-order valence-electron chi connectivity index (χ1n) is 7.74. The first-order chi connectivity index (χ1) is 8.01. The van der Waals surface area contributed by atoms with E-state index in [0.717, 1.165) is 12.0 Å². The highest BCUT2D eigenvalue weighted by molar-refractivity contribution is 4.77. The molecule has 0 aromatic heterocycles. The van der Waals surface area contributed by atoms with E-state index < -0.39 is 0 Å². The summed E-state index contributed by atoms with van der Waals surface area (Å²) in [7, 11) is 0. The Labute approximate surface area is 109 Å². The van der Waals surface area contributed by atoms with Gasteiger partial charge in [0, 0.05) is 6.04 Å². The van der Waals surface area contributed by atoms with Crippen LogP contribution in [0.4, 0.5) is 0 Å². The van der Waals surface area contributed by atoms with Crippen LogP contribution in [-0.4, -0.2) is 12.6 Å². The quantitative estimate of drug-likeness (QED) is 0.675. The summed E-state index contributed by atoms with van der Waals surface area (Å²) in [4.78, 5) is 0. The first-order valence-corrected chi connectivity index (χ1v) is 7.74. The molecule has 1 atom stereocenters. The summed E-state index contributed by atoms with van der Waals surface area (Å²) in [5.74, 6) is 1.04. The molecule has 1 heteroatoms. The van der Waals surface area contributed by atoms with Crippen LogP contribution in [0.25, 0.3) is 0 Å². The molecule has 1 N–H and O–H groups in total. The average molecular weight is 239 g/mol. The summed E-state index contributed by atoms with van der Waals surface area (Å²) in [6.45, 7) is 10.5. The number of rotatable bonds is 7. The maximum atomic E-state index is 3.75. The summed E-state index contributed by atoms with van der Waals surface area (Å²) < 4.78 is 0. The van der Waals surface area contributed by atoms with Gasteiger partial charge in [0.05, 0.1) is 0 Å². The smallest absolute Gasteiger partial charge is 0.00721 e. The van der Waals surface area contributed by atoms with Crippen molar-refractivity contribution in [2.45, 2.75) is 85.1 Å². The second-order valence-electron chi connectivity index (χ2n) is 7.14. The summed E-state index contributed by atoms with van der Waals surface area (Å²) in [6.07, 6.45) is 11.4. The van der Waals surface area contributed by atoms with Crippen molar-refractivity contribution in [2.75, 3.05) is 6.54 Å². The topological polar surface area (TPSA) is 12.0 Å². The van der Waals surface area contributed by atoms with Crippen LogP contribution in [0.5, 0.6) is 0 Å². The van der Waals surface area contributed by atoms with E-state index in [-0.39, 0.29) is 0 Å². The number of hydrogen-bond acceptors (Lipinski definition) is 1. The SMILES string of the molecule is CCCNC(CCC1CCCC1)CC(C)(C)C. The Kier molecular flexibility index (Phi) is 6.54. The van der Waals surface area contributed by atoms with Crippen LogP contribution in [0.2, 0.25) is 0 Å². The third kappa shape index (κ3) is 7.08. The molecule has 1 nitrogen and oxygen atoms in total. The van der Waals surface area contributed by atoms with Gasteiger partial charge < -0.3 is 5.32 Å². The average Bonchev–Trinajstić information content (AvgIpc) is 2.73. The summed E-state index contributed by atoms with van der Waals surface area (Å²) >= 11 is 0. The Morgan fingerprint density at radius 3 is 2.35 bits per heavy atom. The van der Waals surface area contributed by atoms with E-state index in [1.54, 1.807) is 0 Å². The van der Waals surface area contributed by atoms with Crippen molar-refractivity contribution in [1.29, 1.82) is 0 Å². The van der Waals surface area contributed by atoms with Gasteiger partial charge in [-0.1, -0.05) is 53.4 Å². The van der Waals surface area contributed by atoms with E-state index in [0.29, 0.717) is 5.41 Å². The van der Waals surface area contributed by atoms with Crippen LogP contribution in [0.1, 0.15) is 79.1 Å². The van der Waals surface area contributed by atoms with E-state index in [1.165, 1.54) is 57.9 Å². The minimum Gasteiger partial charge on any atom is -0.314 e. The lowest BCUT2D eigenvalue weighted by atomic mass is 9.85. The minimum atomic E-state index is 0.459. The maximum Gasteiger partial charge on any atom is 0.00721 e. The van der Waals surface area contributed by atoms with Gasteiger partial charge in [0.2, 0.25) is 0 Å². The second-order valence-corrected chi connectivity index (χ2v) is 7.14. The van der Waals surface area contributed by atoms with Crippen LogP contribution in [0, 0.1) is 11.3 Å². The molecule has 0 aliphatic heterocycles. The van der Waals surface area contributed by atoms with Crippen LogP contribution < -0.4 is 5.32 Å². The normalized spacial score (nSPS) is 19.8. The molecule has 102 valence electrons. The van der Waals surface area contributed by atoms with Crippen molar-refractivity contribution in [1.82, 2.24) is 5.32 Å². The Morgan fingerprint density at radius 1 is 1.18 bits per heavy atom. The number of hydrogen-bond donors (Lipinski definition) is 1. The lowest BCUT2D eigenvalue weighted by molar-refractivity contribution is 0.284. The fraction of sp³-hybridized carbons (Fsp3) is 1.00. The van der Waals surface area contributed by atoms with Gasteiger partial charge in [0.25, 0.3) is 0 Å². The fourth-order valence-corrected chi connectivity index (χ4v) is 3.10. The molecule has 0 heterocycles. The molecular weight excluding hydrogens is 206 g/mol. The van der Waals surface area contributed by atoms with Gasteiger partial charge in [0.15, 0.2) is 0 Å². The third-order valence-corrected chi connectivity index (χ3v) is 3.94. The van der Waals surface area contributed by atoms with Gasteiger partial charge in [-0.2, -0.15) is 0 Å². The van der Waals surface area contributed by atoms with Gasteiger partial charge >= 0.3 is 0 Å². The molecule has 17 heavy (non-hydrogen) atoms. The molecule has 1 saturated carbocycles. The molecule has 1 unspecified atom stereocenters. The van der Waals surface area contributed by atoms with Crippen LogP contribution in [-0.2, 0) is 0 Å². The summed E-state index contributed by atoms with van der Waals surface area (Å²) in [5.41, 5.74) is 0.459. The van der Waals surface area contributed by atoms with Crippen LogP contribution in [0.3, 0.4) is 0 Å². The van der Waals surface area contributed by atoms with Crippen molar-refractivity contribution in [3.8, 4) is 0 Å². The maximum absolute atomic E-state index is 3.75. The molecule has 1 aliphatic rings. The van der Waals surface area contributed by atoms with Gasteiger partial charge in [-0.25, -0.2) is 0 Å². The Balaban J connectivity index is 2.28. The zero-order chi connectivity index (χ0) is 12.7. The number of nitrogens with one attached hydrogen (secondary N) is 1. The molecule has 0 spiro atoms. The van der Waals surface area contributed by atoms with Crippen molar-refractivity contribution in [3.05, 3.63) is 0 Å². The Bertz CT molecular complexity index is 186. The predicted molar refractivity (Wildman–Crippen MR) is 77.3 cm³/mol. The molecule has 0 saturated heterocycles. The van der Waals surface area contributed by atoms with E-state index in [1.807, 2.05) is 0 Å². The molecular formula is C16H33N. The predicted octanol–water partition coefficient (Wildman–Crippen LogP) is 4.76. The standard InChI is InChI=1S/C16H33N/c1-5-12-17-15(13-16(2,3)4)11-10-14-8-6-7-9-14/h14-15,17H,5-13H2,1-4H3. The largest absolute Gasteiger partial charge is 0.314 e. The highest BCUT2D eigenvalue weighted by Crippen LogP contribution is 2.30. The molecule has 1 fully saturated rings. The van der Waals surface area contributed by atoms with Gasteiger partial charge in [-0.3, -0.25) is 0 Å². The zero-order valence-electron chi connectivity index (χ0n) is 12.5. The van der Waals surface area contributed by atoms with Crippen molar-refractivity contribution in [2.24, 2.45) is 11.3 Å². The van der Waals surface area contributed by atoms with E-state index in [9.17, 15) is 0 Å². The lowest BCUT2D eigenvalue weighted by Crippen LogP contribution is -2.33. The Hall–Kier alpha value is -0.0400. The first kappa shape index (κ1) is 15.0. The fourth-order valence-electron chi connectivity index (χ4n) is 3.10. The van der Waals surface area contributed by atoms with Crippen LogP contribution in [0.15, 0.2) is 0 Å². The molecule has 1 rings (SSSR count). The van der Waals surface area contributed by atoms with Crippen molar-refractivity contribution >= 4 is 0 Å². The lowest BCUT2D eigenvalue weighted by Gasteiger charge is -2.27. The second kappa shape index (κ2) is 7.41. The molecule has 0 amide bonds. The summed E-state index contributed by atoms with van der Waals surface area (Å²) in [6, 6.07) is 0.746. The molecule has 0 aromatic carbocycles. The summed E-state index contributed by atoms with van der Waals surface area (Å²) in [5, 5.41) is 3.75. The molecule has 0 radical (unpaired) electrons. The van der Waals surface area contributed by atoms with Crippen LogP contribution >= 0.6 is 0 Å².